The van der Waals surface area contributed by atoms with Crippen LogP contribution in [0.5, 0.6) is 5.75 Å². The molecule has 1 aromatic heterocycles. The predicted octanol–water partition coefficient (Wildman–Crippen LogP) is 4.52. The Morgan fingerprint density at radius 1 is 1.29 bits per heavy atom. The van der Waals surface area contributed by atoms with Gasteiger partial charge in [-0.25, -0.2) is 4.68 Å². The molecule has 0 saturated heterocycles. The molecule has 1 amide bonds. The molecule has 1 aliphatic rings. The van der Waals surface area contributed by atoms with Gasteiger partial charge < -0.3 is 15.5 Å². The molecule has 0 aliphatic carbocycles. The van der Waals surface area contributed by atoms with Crippen molar-refractivity contribution in [2.45, 2.75) is 43.6 Å². The molecular formula is C22H24ClN5O2S. The van der Waals surface area contributed by atoms with Crippen LogP contribution in [0, 0.1) is 13.8 Å². The van der Waals surface area contributed by atoms with E-state index in [9.17, 15) is 4.79 Å². The van der Waals surface area contributed by atoms with E-state index in [1.165, 1.54) is 11.8 Å². The first-order valence-corrected chi connectivity index (χ1v) is 11.3. The Morgan fingerprint density at radius 2 is 2.10 bits per heavy atom. The third-order valence-corrected chi connectivity index (χ3v) is 6.99. The predicted molar refractivity (Wildman–Crippen MR) is 124 cm³/mol. The van der Waals surface area contributed by atoms with Crippen molar-refractivity contribution in [1.29, 1.82) is 0 Å². The van der Waals surface area contributed by atoms with Gasteiger partial charge in [-0.05, 0) is 48.7 Å². The number of nitrogens with one attached hydrogen (secondary N) is 2. The van der Waals surface area contributed by atoms with Gasteiger partial charge in [0.15, 0.2) is 5.82 Å². The van der Waals surface area contributed by atoms with E-state index < -0.39 is 5.25 Å². The van der Waals surface area contributed by atoms with Crippen molar-refractivity contribution in [2.75, 3.05) is 17.9 Å². The molecular weight excluding hydrogens is 434 g/mol. The van der Waals surface area contributed by atoms with Crippen molar-refractivity contribution in [3.05, 3.63) is 63.9 Å². The van der Waals surface area contributed by atoms with Gasteiger partial charge in [0.1, 0.15) is 11.0 Å². The lowest BCUT2D eigenvalue weighted by atomic mass is 10.0. The normalized spacial score (nSPS) is 17.6. The number of methoxy groups -OCH3 is 1. The Labute approximate surface area is 190 Å². The fourth-order valence-electron chi connectivity index (χ4n) is 3.54. The molecule has 1 aliphatic heterocycles. The minimum absolute atomic E-state index is 0.115. The minimum Gasteiger partial charge on any atom is -0.495 e. The number of aromatic nitrogens is 3. The van der Waals surface area contributed by atoms with E-state index in [1.807, 2.05) is 61.8 Å². The summed E-state index contributed by atoms with van der Waals surface area (Å²) >= 11 is 7.78. The minimum atomic E-state index is -0.481. The zero-order chi connectivity index (χ0) is 22.1. The maximum atomic E-state index is 13.4. The number of fused-ring (bicyclic) bond motifs is 1. The first-order chi connectivity index (χ1) is 14.9. The number of amides is 1. The summed E-state index contributed by atoms with van der Waals surface area (Å²) in [5.74, 6) is 1.28. The molecule has 31 heavy (non-hydrogen) atoms. The number of ether oxygens (including phenoxy) is 1. The highest BCUT2D eigenvalue weighted by atomic mass is 35.5. The van der Waals surface area contributed by atoms with Crippen molar-refractivity contribution in [3.8, 4) is 5.75 Å². The smallest absolute Gasteiger partial charge is 0.240 e. The van der Waals surface area contributed by atoms with Crippen molar-refractivity contribution in [2.24, 2.45) is 0 Å². The van der Waals surface area contributed by atoms with E-state index in [1.54, 1.807) is 7.11 Å². The first kappa shape index (κ1) is 21.5. The van der Waals surface area contributed by atoms with Gasteiger partial charge in [-0.1, -0.05) is 48.5 Å². The van der Waals surface area contributed by atoms with Gasteiger partial charge >= 0.3 is 0 Å². The molecule has 9 heteroatoms. The topological polar surface area (TPSA) is 81.1 Å². The molecule has 0 spiro atoms. The van der Waals surface area contributed by atoms with E-state index in [0.29, 0.717) is 15.9 Å². The molecule has 162 valence electrons. The molecule has 0 bridgehead atoms. The lowest BCUT2D eigenvalue weighted by Crippen LogP contribution is -2.41. The summed E-state index contributed by atoms with van der Waals surface area (Å²) in [6, 6.07) is 11.1. The van der Waals surface area contributed by atoms with Crippen LogP contribution in [0.1, 0.15) is 35.5 Å². The van der Waals surface area contributed by atoms with Gasteiger partial charge in [0.2, 0.25) is 11.1 Å². The van der Waals surface area contributed by atoms with Gasteiger partial charge in [0, 0.05) is 12.1 Å². The van der Waals surface area contributed by atoms with Crippen LogP contribution in [0.2, 0.25) is 5.02 Å². The van der Waals surface area contributed by atoms with Crippen LogP contribution in [-0.4, -0.2) is 33.1 Å². The molecule has 0 unspecified atom stereocenters. The maximum Gasteiger partial charge on any atom is 0.240 e. The SMILES string of the molecule is CCc1nnc2n1N[C@@H](c1ccc(OC)c(Cl)c1)[C@@H](C(=O)Nc1cccc(C)c1C)S2. The molecule has 4 rings (SSSR count). The molecule has 2 heterocycles. The Bertz CT molecular complexity index is 1130. The van der Waals surface area contributed by atoms with Gasteiger partial charge in [0.05, 0.1) is 18.2 Å². The van der Waals surface area contributed by atoms with Gasteiger partial charge in [-0.15, -0.1) is 10.2 Å². The standard InChI is InChI=1S/C22H24ClN5O2S/c1-5-18-25-26-22-28(18)27-19(14-9-10-17(30-4)15(23)11-14)20(31-22)21(29)24-16-8-6-7-12(2)13(16)3/h6-11,19-20,27H,5H2,1-4H3,(H,24,29)/t19-,20-/m0/s1. The van der Waals surface area contributed by atoms with Crippen LogP contribution in [0.25, 0.3) is 0 Å². The molecule has 2 N–H and O–H groups in total. The number of aryl methyl sites for hydroxylation is 2. The quantitative estimate of drug-likeness (QED) is 0.586. The van der Waals surface area contributed by atoms with Crippen LogP contribution in [-0.2, 0) is 11.2 Å². The van der Waals surface area contributed by atoms with E-state index in [-0.39, 0.29) is 11.9 Å². The number of hydrogen-bond donors (Lipinski definition) is 2. The van der Waals surface area contributed by atoms with Crippen LogP contribution in [0.3, 0.4) is 0 Å². The number of thioether (sulfide) groups is 1. The monoisotopic (exact) mass is 457 g/mol. The van der Waals surface area contributed by atoms with Gasteiger partial charge in [0.25, 0.3) is 0 Å². The third-order valence-electron chi connectivity index (χ3n) is 5.48. The summed E-state index contributed by atoms with van der Waals surface area (Å²) in [6.07, 6.45) is 0.718. The van der Waals surface area contributed by atoms with E-state index >= 15 is 0 Å². The number of hydrogen-bond acceptors (Lipinski definition) is 6. The van der Waals surface area contributed by atoms with Crippen LogP contribution < -0.4 is 15.5 Å². The highest BCUT2D eigenvalue weighted by molar-refractivity contribution is 8.00. The number of carbonyl (C=O) groups excluding carboxylic acids is 1. The molecule has 0 radical (unpaired) electrons. The van der Waals surface area contributed by atoms with Crippen LogP contribution >= 0.6 is 23.4 Å². The Balaban J connectivity index is 1.71. The number of benzene rings is 2. The third kappa shape index (κ3) is 4.09. The summed E-state index contributed by atoms with van der Waals surface area (Å²) in [4.78, 5) is 13.4. The molecule has 7 nitrogen and oxygen atoms in total. The Morgan fingerprint density at radius 3 is 2.81 bits per heavy atom. The van der Waals surface area contributed by atoms with E-state index in [4.69, 9.17) is 16.3 Å². The van der Waals surface area contributed by atoms with Crippen molar-refractivity contribution in [1.82, 2.24) is 14.9 Å². The zero-order valence-corrected chi connectivity index (χ0v) is 19.3. The number of carbonyl (C=O) groups is 1. The maximum absolute atomic E-state index is 13.4. The average Bonchev–Trinajstić information content (AvgIpc) is 3.18. The highest BCUT2D eigenvalue weighted by Gasteiger charge is 2.38. The zero-order valence-electron chi connectivity index (χ0n) is 17.8. The van der Waals surface area contributed by atoms with Gasteiger partial charge in [-0.2, -0.15) is 0 Å². The summed E-state index contributed by atoms with van der Waals surface area (Å²) in [7, 11) is 1.58. The van der Waals surface area contributed by atoms with Crippen LogP contribution in [0.15, 0.2) is 41.6 Å². The fourth-order valence-corrected chi connectivity index (χ4v) is 4.91. The van der Waals surface area contributed by atoms with Crippen molar-refractivity contribution < 1.29 is 9.53 Å². The Kier molecular flexibility index (Phi) is 6.11. The molecule has 2 atom stereocenters. The summed E-state index contributed by atoms with van der Waals surface area (Å²) in [5.41, 5.74) is 7.28. The van der Waals surface area contributed by atoms with E-state index in [0.717, 1.165) is 34.6 Å². The van der Waals surface area contributed by atoms with Gasteiger partial charge in [-0.3, -0.25) is 4.79 Å². The lowest BCUT2D eigenvalue weighted by Gasteiger charge is -2.33. The second kappa shape index (κ2) is 8.80. The summed E-state index contributed by atoms with van der Waals surface area (Å²) in [5, 5.41) is 12.3. The number of rotatable bonds is 5. The van der Waals surface area contributed by atoms with Crippen molar-refractivity contribution in [3.63, 3.8) is 0 Å². The molecule has 3 aromatic rings. The molecule has 2 aromatic carbocycles. The van der Waals surface area contributed by atoms with Crippen molar-refractivity contribution >= 4 is 35.0 Å². The Hall–Kier alpha value is -2.71. The lowest BCUT2D eigenvalue weighted by molar-refractivity contribution is -0.116. The number of nitrogens with zero attached hydrogens (tertiary/aromatic N) is 3. The highest BCUT2D eigenvalue weighted by Crippen LogP contribution is 2.39. The average molecular weight is 458 g/mol. The van der Waals surface area contributed by atoms with E-state index in [2.05, 4.69) is 20.9 Å². The second-order valence-corrected chi connectivity index (χ2v) is 8.88. The van der Waals surface area contributed by atoms with Crippen LogP contribution in [0.4, 0.5) is 5.69 Å². The summed E-state index contributed by atoms with van der Waals surface area (Å²) < 4.78 is 7.14. The second-order valence-electron chi connectivity index (χ2n) is 7.36. The number of anilines is 1. The fraction of sp³-hybridized carbons (Fsp3) is 0.318. The largest absolute Gasteiger partial charge is 0.495 e. The summed E-state index contributed by atoms with van der Waals surface area (Å²) in [6.45, 7) is 6.04. The molecule has 0 fully saturated rings. The molecule has 0 saturated carbocycles. The number of halogens is 1. The first-order valence-electron chi connectivity index (χ1n) is 10.0.